The standard InChI is InChI=1S/C15H18FN3S/c1-2-8-17-10-13-7-9-18-15(19-13)11-20-14-5-3-12(16)4-6-14/h3-7,9,17H,2,8,10-11H2,1H3. The van der Waals surface area contributed by atoms with E-state index in [2.05, 4.69) is 22.2 Å². The van der Waals surface area contributed by atoms with Gasteiger partial charge in [0.1, 0.15) is 11.6 Å². The molecule has 0 atom stereocenters. The van der Waals surface area contributed by atoms with Gasteiger partial charge in [-0.1, -0.05) is 6.92 Å². The molecular formula is C15H18FN3S. The van der Waals surface area contributed by atoms with Gasteiger partial charge in [-0.15, -0.1) is 11.8 Å². The third-order valence-electron chi connectivity index (χ3n) is 2.68. The maximum absolute atomic E-state index is 12.8. The van der Waals surface area contributed by atoms with Crippen molar-refractivity contribution in [3.63, 3.8) is 0 Å². The molecular weight excluding hydrogens is 273 g/mol. The Morgan fingerprint density at radius 3 is 2.75 bits per heavy atom. The number of halogens is 1. The Labute approximate surface area is 123 Å². The maximum atomic E-state index is 12.8. The summed E-state index contributed by atoms with van der Waals surface area (Å²) in [4.78, 5) is 9.79. The van der Waals surface area contributed by atoms with Crippen LogP contribution in [0.25, 0.3) is 0 Å². The van der Waals surface area contributed by atoms with E-state index in [9.17, 15) is 4.39 Å². The fourth-order valence-corrected chi connectivity index (χ4v) is 2.44. The number of hydrogen-bond acceptors (Lipinski definition) is 4. The van der Waals surface area contributed by atoms with Crippen molar-refractivity contribution in [1.82, 2.24) is 15.3 Å². The van der Waals surface area contributed by atoms with Gasteiger partial charge < -0.3 is 5.32 Å². The molecule has 0 saturated heterocycles. The first-order valence-corrected chi connectivity index (χ1v) is 7.66. The molecule has 0 fully saturated rings. The van der Waals surface area contributed by atoms with Gasteiger partial charge in [-0.25, -0.2) is 14.4 Å². The summed E-state index contributed by atoms with van der Waals surface area (Å²) < 4.78 is 12.8. The minimum atomic E-state index is -0.213. The topological polar surface area (TPSA) is 37.8 Å². The zero-order valence-electron chi connectivity index (χ0n) is 11.5. The monoisotopic (exact) mass is 291 g/mol. The highest BCUT2D eigenvalue weighted by molar-refractivity contribution is 7.98. The molecule has 1 heterocycles. The highest BCUT2D eigenvalue weighted by Gasteiger charge is 2.01. The first-order valence-electron chi connectivity index (χ1n) is 6.68. The fourth-order valence-electron chi connectivity index (χ4n) is 1.68. The lowest BCUT2D eigenvalue weighted by molar-refractivity contribution is 0.626. The summed E-state index contributed by atoms with van der Waals surface area (Å²) >= 11 is 1.61. The molecule has 2 rings (SSSR count). The van der Waals surface area contributed by atoms with Crippen molar-refractivity contribution >= 4 is 11.8 Å². The van der Waals surface area contributed by atoms with Gasteiger partial charge in [0, 0.05) is 17.6 Å². The Balaban J connectivity index is 1.89. The maximum Gasteiger partial charge on any atom is 0.138 e. The van der Waals surface area contributed by atoms with Crippen LogP contribution in [-0.4, -0.2) is 16.5 Å². The molecule has 0 spiro atoms. The van der Waals surface area contributed by atoms with Crippen molar-refractivity contribution in [3.8, 4) is 0 Å². The summed E-state index contributed by atoms with van der Waals surface area (Å²) in [7, 11) is 0. The number of benzene rings is 1. The van der Waals surface area contributed by atoms with Crippen LogP contribution < -0.4 is 5.32 Å². The van der Waals surface area contributed by atoms with Crippen molar-refractivity contribution in [2.75, 3.05) is 6.54 Å². The van der Waals surface area contributed by atoms with Crippen molar-refractivity contribution in [2.24, 2.45) is 0 Å². The number of thioether (sulfide) groups is 1. The number of aromatic nitrogens is 2. The van der Waals surface area contributed by atoms with E-state index in [0.717, 1.165) is 35.9 Å². The van der Waals surface area contributed by atoms with E-state index in [-0.39, 0.29) is 5.82 Å². The Morgan fingerprint density at radius 2 is 2.00 bits per heavy atom. The molecule has 0 aliphatic heterocycles. The lowest BCUT2D eigenvalue weighted by atomic mass is 10.3. The first-order chi connectivity index (χ1) is 9.78. The molecule has 0 saturated carbocycles. The van der Waals surface area contributed by atoms with E-state index in [0.29, 0.717) is 5.75 Å². The molecule has 0 aliphatic rings. The molecule has 0 amide bonds. The van der Waals surface area contributed by atoms with Crippen molar-refractivity contribution < 1.29 is 4.39 Å². The average Bonchev–Trinajstić information content (AvgIpc) is 2.47. The normalized spacial score (nSPS) is 10.7. The van der Waals surface area contributed by atoms with Gasteiger partial charge >= 0.3 is 0 Å². The minimum absolute atomic E-state index is 0.213. The van der Waals surface area contributed by atoms with Gasteiger partial charge in [0.15, 0.2) is 0 Å². The molecule has 0 bridgehead atoms. The summed E-state index contributed by atoms with van der Waals surface area (Å²) in [6.45, 7) is 3.89. The van der Waals surface area contributed by atoms with Crippen molar-refractivity contribution in [3.05, 3.63) is 53.9 Å². The second-order valence-electron chi connectivity index (χ2n) is 4.38. The third-order valence-corrected chi connectivity index (χ3v) is 3.69. The number of nitrogens with one attached hydrogen (secondary N) is 1. The quantitative estimate of drug-likeness (QED) is 0.626. The predicted octanol–water partition coefficient (Wildman–Crippen LogP) is 3.41. The van der Waals surface area contributed by atoms with Gasteiger partial charge in [0.2, 0.25) is 0 Å². The highest BCUT2D eigenvalue weighted by atomic mass is 32.2. The minimum Gasteiger partial charge on any atom is -0.311 e. The molecule has 1 N–H and O–H groups in total. The lowest BCUT2D eigenvalue weighted by Gasteiger charge is -2.05. The number of nitrogens with zero attached hydrogens (tertiary/aromatic N) is 2. The lowest BCUT2D eigenvalue weighted by Crippen LogP contribution is -2.15. The van der Waals surface area contributed by atoms with E-state index in [1.807, 2.05) is 6.07 Å². The highest BCUT2D eigenvalue weighted by Crippen LogP contribution is 2.21. The van der Waals surface area contributed by atoms with Crippen LogP contribution in [0, 0.1) is 5.82 Å². The second kappa shape index (κ2) is 7.97. The van der Waals surface area contributed by atoms with E-state index in [1.54, 1.807) is 30.1 Å². The molecule has 1 aromatic carbocycles. The van der Waals surface area contributed by atoms with E-state index >= 15 is 0 Å². The molecule has 0 aliphatic carbocycles. The first kappa shape index (κ1) is 14.9. The molecule has 3 nitrogen and oxygen atoms in total. The van der Waals surface area contributed by atoms with E-state index in [4.69, 9.17) is 0 Å². The molecule has 5 heteroatoms. The van der Waals surface area contributed by atoms with Crippen LogP contribution in [0.3, 0.4) is 0 Å². The second-order valence-corrected chi connectivity index (χ2v) is 5.43. The van der Waals surface area contributed by atoms with Crippen LogP contribution in [0.2, 0.25) is 0 Å². The summed E-state index contributed by atoms with van der Waals surface area (Å²) in [6.07, 6.45) is 2.90. The zero-order valence-corrected chi connectivity index (χ0v) is 12.3. The summed E-state index contributed by atoms with van der Waals surface area (Å²) in [5.74, 6) is 1.28. The van der Waals surface area contributed by atoms with Gasteiger partial charge in [-0.05, 0) is 43.3 Å². The van der Waals surface area contributed by atoms with Gasteiger partial charge in [-0.3, -0.25) is 0 Å². The van der Waals surface area contributed by atoms with Crippen LogP contribution in [0.15, 0.2) is 41.4 Å². The molecule has 2 aromatic rings. The number of hydrogen-bond donors (Lipinski definition) is 1. The summed E-state index contributed by atoms with van der Waals surface area (Å²) in [6, 6.07) is 8.40. The van der Waals surface area contributed by atoms with Gasteiger partial charge in [-0.2, -0.15) is 0 Å². The Morgan fingerprint density at radius 1 is 1.20 bits per heavy atom. The Hall–Kier alpha value is -1.46. The predicted molar refractivity (Wildman–Crippen MR) is 80.0 cm³/mol. The molecule has 1 aromatic heterocycles. The molecule has 106 valence electrons. The van der Waals surface area contributed by atoms with E-state index < -0.39 is 0 Å². The van der Waals surface area contributed by atoms with Crippen LogP contribution >= 0.6 is 11.8 Å². The average molecular weight is 291 g/mol. The third kappa shape index (κ3) is 4.90. The Bertz CT molecular complexity index is 531. The molecule has 0 unspecified atom stereocenters. The van der Waals surface area contributed by atoms with Crippen LogP contribution in [0.1, 0.15) is 24.9 Å². The van der Waals surface area contributed by atoms with Gasteiger partial charge in [0.05, 0.1) is 11.4 Å². The zero-order chi connectivity index (χ0) is 14.2. The van der Waals surface area contributed by atoms with Crippen molar-refractivity contribution in [2.45, 2.75) is 30.5 Å². The smallest absolute Gasteiger partial charge is 0.138 e. The molecule has 20 heavy (non-hydrogen) atoms. The van der Waals surface area contributed by atoms with Gasteiger partial charge in [0.25, 0.3) is 0 Å². The fraction of sp³-hybridized carbons (Fsp3) is 0.333. The molecule has 0 radical (unpaired) electrons. The Kier molecular flexibility index (Phi) is 5.95. The number of rotatable bonds is 7. The van der Waals surface area contributed by atoms with Crippen LogP contribution in [0.4, 0.5) is 4.39 Å². The van der Waals surface area contributed by atoms with Crippen LogP contribution in [-0.2, 0) is 12.3 Å². The summed E-state index contributed by atoms with van der Waals surface area (Å²) in [5, 5.41) is 3.32. The summed E-state index contributed by atoms with van der Waals surface area (Å²) in [5.41, 5.74) is 1.00. The SMILES string of the molecule is CCCNCc1ccnc(CSc2ccc(F)cc2)n1. The van der Waals surface area contributed by atoms with E-state index in [1.165, 1.54) is 12.1 Å². The van der Waals surface area contributed by atoms with Crippen LogP contribution in [0.5, 0.6) is 0 Å². The van der Waals surface area contributed by atoms with Crippen molar-refractivity contribution in [1.29, 1.82) is 0 Å². The largest absolute Gasteiger partial charge is 0.311 e.